The van der Waals surface area contributed by atoms with Gasteiger partial charge in [-0.1, -0.05) is 27.2 Å². The van der Waals surface area contributed by atoms with Crippen LogP contribution in [0.3, 0.4) is 0 Å². The van der Waals surface area contributed by atoms with E-state index >= 15 is 0 Å². The van der Waals surface area contributed by atoms with Crippen molar-refractivity contribution in [2.24, 2.45) is 11.8 Å². The molecule has 0 saturated carbocycles. The maximum Gasteiger partial charge on any atom is 0.402 e. The smallest absolute Gasteiger partial charge is 0.313 e. The van der Waals surface area contributed by atoms with Gasteiger partial charge in [0.05, 0.1) is 0 Å². The van der Waals surface area contributed by atoms with Gasteiger partial charge >= 0.3 is 12.4 Å². The Morgan fingerprint density at radius 3 is 1.67 bits per heavy atom. The second-order valence-corrected chi connectivity index (χ2v) is 4.43. The van der Waals surface area contributed by atoms with Crippen LogP contribution in [0.15, 0.2) is 0 Å². The summed E-state index contributed by atoms with van der Waals surface area (Å²) in [5.41, 5.74) is 0. The van der Waals surface area contributed by atoms with Gasteiger partial charge < -0.3 is 5.32 Å². The molecule has 0 saturated heterocycles. The van der Waals surface area contributed by atoms with Crippen molar-refractivity contribution < 1.29 is 26.3 Å². The summed E-state index contributed by atoms with van der Waals surface area (Å²) in [6, 6.07) is -1.63. The predicted octanol–water partition coefficient (Wildman–Crippen LogP) is 4.14. The minimum absolute atomic E-state index is 0.137. The molecule has 0 spiro atoms. The number of nitrogens with one attached hydrogen (secondary N) is 1. The van der Waals surface area contributed by atoms with Crippen molar-refractivity contribution in [3.63, 3.8) is 0 Å². The van der Waals surface area contributed by atoms with Crippen LogP contribution in [-0.2, 0) is 0 Å². The van der Waals surface area contributed by atoms with E-state index in [0.29, 0.717) is 6.42 Å². The van der Waals surface area contributed by atoms with Crippen LogP contribution in [0.25, 0.3) is 0 Å². The average molecular weight is 279 g/mol. The zero-order valence-corrected chi connectivity index (χ0v) is 10.6. The summed E-state index contributed by atoms with van der Waals surface area (Å²) >= 11 is 0. The molecule has 2 unspecified atom stereocenters. The van der Waals surface area contributed by atoms with E-state index in [0.717, 1.165) is 0 Å². The fourth-order valence-corrected chi connectivity index (χ4v) is 1.81. The Bertz CT molecular complexity index is 221. The van der Waals surface area contributed by atoms with Crippen LogP contribution in [0.4, 0.5) is 26.3 Å². The van der Waals surface area contributed by atoms with E-state index in [1.807, 2.05) is 0 Å². The zero-order valence-electron chi connectivity index (χ0n) is 10.6. The number of alkyl halides is 6. The first kappa shape index (κ1) is 17.5. The molecule has 0 aliphatic rings. The van der Waals surface area contributed by atoms with Gasteiger partial charge in [0.2, 0.25) is 0 Å². The van der Waals surface area contributed by atoms with Crippen LogP contribution in [0.2, 0.25) is 0 Å². The second-order valence-electron chi connectivity index (χ2n) is 4.43. The lowest BCUT2D eigenvalue weighted by atomic mass is 9.86. The largest absolute Gasteiger partial charge is 0.402 e. The Morgan fingerprint density at radius 2 is 1.39 bits per heavy atom. The van der Waals surface area contributed by atoms with Gasteiger partial charge in [0.15, 0.2) is 5.92 Å². The molecule has 1 N–H and O–H groups in total. The lowest BCUT2D eigenvalue weighted by molar-refractivity contribution is -0.294. The molecule has 0 heterocycles. The van der Waals surface area contributed by atoms with E-state index in [2.05, 4.69) is 5.32 Å². The highest BCUT2D eigenvalue weighted by Crippen LogP contribution is 2.43. The van der Waals surface area contributed by atoms with Gasteiger partial charge in [-0.05, 0) is 18.9 Å². The fourth-order valence-electron chi connectivity index (χ4n) is 1.81. The lowest BCUT2D eigenvalue weighted by Crippen LogP contribution is -2.53. The molecule has 0 bridgehead atoms. The number of hydrogen-bond donors (Lipinski definition) is 1. The van der Waals surface area contributed by atoms with Crippen LogP contribution in [0.5, 0.6) is 0 Å². The van der Waals surface area contributed by atoms with E-state index in [1.54, 1.807) is 13.8 Å². The van der Waals surface area contributed by atoms with Crippen LogP contribution in [0.1, 0.15) is 33.6 Å². The monoisotopic (exact) mass is 279 g/mol. The van der Waals surface area contributed by atoms with E-state index in [4.69, 9.17) is 0 Å². The molecule has 0 aromatic carbocycles. The maximum atomic E-state index is 12.6. The average Bonchev–Trinajstić information content (AvgIpc) is 2.18. The van der Waals surface area contributed by atoms with Crippen LogP contribution >= 0.6 is 0 Å². The SMILES string of the molecule is CCCNC(C(C)CC)C(C(F)(F)F)C(F)(F)F. The maximum absolute atomic E-state index is 12.6. The van der Waals surface area contributed by atoms with Gasteiger partial charge in [0.1, 0.15) is 0 Å². The summed E-state index contributed by atoms with van der Waals surface area (Å²) in [4.78, 5) is 0. The van der Waals surface area contributed by atoms with Gasteiger partial charge in [0, 0.05) is 6.04 Å². The van der Waals surface area contributed by atoms with E-state index in [9.17, 15) is 26.3 Å². The summed E-state index contributed by atoms with van der Waals surface area (Å²) in [7, 11) is 0. The van der Waals surface area contributed by atoms with Crippen molar-refractivity contribution in [2.45, 2.75) is 52.0 Å². The summed E-state index contributed by atoms with van der Waals surface area (Å²) in [6.07, 6.45) is -9.83. The minimum Gasteiger partial charge on any atom is -0.313 e. The molecule has 1 nitrogen and oxygen atoms in total. The Kier molecular flexibility index (Phi) is 6.46. The molecule has 0 rings (SSSR count). The van der Waals surface area contributed by atoms with Crippen molar-refractivity contribution >= 4 is 0 Å². The molecule has 0 fully saturated rings. The normalized spacial score (nSPS) is 17.0. The first-order valence-corrected chi connectivity index (χ1v) is 5.92. The number of hydrogen-bond acceptors (Lipinski definition) is 1. The van der Waals surface area contributed by atoms with Crippen LogP contribution in [0, 0.1) is 11.8 Å². The van der Waals surface area contributed by atoms with Crippen molar-refractivity contribution in [1.82, 2.24) is 5.32 Å². The topological polar surface area (TPSA) is 12.0 Å². The molecule has 0 aromatic heterocycles. The molecule has 2 atom stereocenters. The third-order valence-corrected chi connectivity index (χ3v) is 2.95. The molecule has 110 valence electrons. The van der Waals surface area contributed by atoms with E-state index in [1.165, 1.54) is 6.92 Å². The highest BCUT2D eigenvalue weighted by molar-refractivity contribution is 4.89. The van der Waals surface area contributed by atoms with Gasteiger partial charge in [-0.15, -0.1) is 0 Å². The van der Waals surface area contributed by atoms with Gasteiger partial charge in [0.25, 0.3) is 0 Å². The van der Waals surface area contributed by atoms with Crippen molar-refractivity contribution in [1.29, 1.82) is 0 Å². The van der Waals surface area contributed by atoms with Crippen LogP contribution in [-0.4, -0.2) is 24.9 Å². The number of rotatable bonds is 6. The van der Waals surface area contributed by atoms with Crippen molar-refractivity contribution in [3.05, 3.63) is 0 Å². The van der Waals surface area contributed by atoms with Crippen molar-refractivity contribution in [3.8, 4) is 0 Å². The second kappa shape index (κ2) is 6.63. The van der Waals surface area contributed by atoms with Crippen molar-refractivity contribution in [2.75, 3.05) is 6.54 Å². The third kappa shape index (κ3) is 5.04. The van der Waals surface area contributed by atoms with E-state index in [-0.39, 0.29) is 13.0 Å². The predicted molar refractivity (Wildman–Crippen MR) is 57.1 cm³/mol. The van der Waals surface area contributed by atoms with Gasteiger partial charge in [-0.2, -0.15) is 26.3 Å². The molecule has 7 heteroatoms. The molecule has 0 radical (unpaired) electrons. The first-order valence-electron chi connectivity index (χ1n) is 5.92. The van der Waals surface area contributed by atoms with E-state index < -0.39 is 30.2 Å². The summed E-state index contributed by atoms with van der Waals surface area (Å²) in [6.45, 7) is 4.81. The Morgan fingerprint density at radius 1 is 0.944 bits per heavy atom. The molecule has 0 amide bonds. The molecule has 0 aromatic rings. The highest BCUT2D eigenvalue weighted by atomic mass is 19.4. The van der Waals surface area contributed by atoms with Gasteiger partial charge in [-0.3, -0.25) is 0 Å². The third-order valence-electron chi connectivity index (χ3n) is 2.95. The molecule has 0 aliphatic carbocycles. The van der Waals surface area contributed by atoms with Crippen LogP contribution < -0.4 is 5.32 Å². The molecule has 0 aliphatic heterocycles. The first-order chi connectivity index (χ1) is 8.05. The Hall–Kier alpha value is -0.460. The standard InChI is InChI=1S/C11H19F6N/c1-4-6-18-8(7(3)5-2)9(10(12,13)14)11(15,16)17/h7-9,18H,4-6H2,1-3H3. The molecular weight excluding hydrogens is 260 g/mol. The fraction of sp³-hybridized carbons (Fsp3) is 1.00. The quantitative estimate of drug-likeness (QED) is 0.720. The lowest BCUT2D eigenvalue weighted by Gasteiger charge is -2.34. The summed E-state index contributed by atoms with van der Waals surface area (Å²) in [5.74, 6) is -4.02. The summed E-state index contributed by atoms with van der Waals surface area (Å²) in [5, 5.41) is 2.39. The zero-order chi connectivity index (χ0) is 14.6. The summed E-state index contributed by atoms with van der Waals surface area (Å²) < 4.78 is 75.8. The molecular formula is C11H19F6N. The highest BCUT2D eigenvalue weighted by Gasteiger charge is 2.60. The van der Waals surface area contributed by atoms with Gasteiger partial charge in [-0.25, -0.2) is 0 Å². The number of halogens is 6. The Labute approximate surface area is 103 Å². The molecule has 18 heavy (non-hydrogen) atoms. The minimum atomic E-state index is -5.28. The Balaban J connectivity index is 5.21.